The molecular weight excluding hydrogens is 242 g/mol. The molecule has 0 amide bonds. The van der Waals surface area contributed by atoms with E-state index in [1.54, 1.807) is 0 Å². The third-order valence-corrected chi connectivity index (χ3v) is 4.90. The van der Waals surface area contributed by atoms with Crippen LogP contribution in [0.4, 0.5) is 0 Å². The van der Waals surface area contributed by atoms with Gasteiger partial charge in [0, 0.05) is 12.3 Å². The largest absolute Gasteiger partial charge is 0.320 e. The lowest BCUT2D eigenvalue weighted by molar-refractivity contribution is 0.453. The Morgan fingerprint density at radius 3 is 2.56 bits per heavy atom. The van der Waals surface area contributed by atoms with Crippen molar-refractivity contribution < 1.29 is 0 Å². The second kappa shape index (κ2) is 7.85. The maximum Gasteiger partial charge on any atom is 0.120 e. The summed E-state index contributed by atoms with van der Waals surface area (Å²) in [4.78, 5) is 0. The van der Waals surface area contributed by atoms with Crippen molar-refractivity contribution in [3.8, 4) is 0 Å². The Balaban J connectivity index is 1.86. The average Bonchev–Trinajstić information content (AvgIpc) is 2.78. The van der Waals surface area contributed by atoms with E-state index in [0.717, 1.165) is 19.4 Å². The molecule has 102 valence electrons. The predicted octanol–water partition coefficient (Wildman–Crippen LogP) is 3.52. The van der Waals surface area contributed by atoms with Gasteiger partial charge in [-0.25, -0.2) is 0 Å². The summed E-state index contributed by atoms with van der Waals surface area (Å²) >= 11 is 1.86. The van der Waals surface area contributed by atoms with Crippen LogP contribution < -0.4 is 5.32 Å². The van der Waals surface area contributed by atoms with Gasteiger partial charge in [-0.15, -0.1) is 21.5 Å². The molecule has 1 heterocycles. The molecule has 0 saturated heterocycles. The Bertz CT molecular complexity index is 330. The van der Waals surface area contributed by atoms with Gasteiger partial charge in [-0.3, -0.25) is 0 Å². The van der Waals surface area contributed by atoms with Gasteiger partial charge in [0.05, 0.1) is 0 Å². The van der Waals surface area contributed by atoms with Crippen LogP contribution in [0.15, 0.2) is 0 Å². The van der Waals surface area contributed by atoms with E-state index in [1.165, 1.54) is 55.0 Å². The lowest BCUT2D eigenvalue weighted by Crippen LogP contribution is -2.08. The fraction of sp³-hybridized carbons (Fsp3) is 0.857. The number of rotatable bonds is 5. The van der Waals surface area contributed by atoms with E-state index in [0.29, 0.717) is 5.92 Å². The predicted molar refractivity (Wildman–Crippen MR) is 77.2 cm³/mol. The molecule has 1 saturated carbocycles. The third kappa shape index (κ3) is 4.32. The van der Waals surface area contributed by atoms with Crippen LogP contribution in [0.2, 0.25) is 0 Å². The standard InChI is InChI=1S/C14H25N3S/c1-15-11-7-10-13-16-17-14(18-13)12-8-5-3-2-4-6-9-12/h12,15H,2-11H2,1H3. The van der Waals surface area contributed by atoms with Gasteiger partial charge in [0.1, 0.15) is 10.0 Å². The van der Waals surface area contributed by atoms with Gasteiger partial charge in [0.2, 0.25) is 0 Å². The summed E-state index contributed by atoms with van der Waals surface area (Å²) in [7, 11) is 2.00. The molecular formula is C14H25N3S. The summed E-state index contributed by atoms with van der Waals surface area (Å²) in [6.07, 6.45) is 11.9. The fourth-order valence-corrected chi connectivity index (χ4v) is 3.71. The highest BCUT2D eigenvalue weighted by Crippen LogP contribution is 2.32. The molecule has 3 nitrogen and oxygen atoms in total. The molecule has 1 aromatic rings. The SMILES string of the molecule is CNCCCc1nnc(C2CCCCCCC2)s1. The van der Waals surface area contributed by atoms with Crippen LogP contribution in [0.3, 0.4) is 0 Å². The first-order valence-electron chi connectivity index (χ1n) is 7.37. The van der Waals surface area contributed by atoms with Crippen molar-refractivity contribution in [2.45, 2.75) is 63.7 Å². The summed E-state index contributed by atoms with van der Waals surface area (Å²) in [5.74, 6) is 0.695. The van der Waals surface area contributed by atoms with Crippen LogP contribution in [0.1, 0.15) is 67.3 Å². The van der Waals surface area contributed by atoms with Crippen molar-refractivity contribution in [2.75, 3.05) is 13.6 Å². The van der Waals surface area contributed by atoms with Gasteiger partial charge in [-0.1, -0.05) is 32.1 Å². The lowest BCUT2D eigenvalue weighted by Gasteiger charge is -2.16. The molecule has 0 aliphatic heterocycles. The van der Waals surface area contributed by atoms with Crippen molar-refractivity contribution in [1.29, 1.82) is 0 Å². The summed E-state index contributed by atoms with van der Waals surface area (Å²) in [5, 5.41) is 14.5. The van der Waals surface area contributed by atoms with Crippen molar-refractivity contribution in [3.63, 3.8) is 0 Å². The van der Waals surface area contributed by atoms with Crippen molar-refractivity contribution >= 4 is 11.3 Å². The minimum Gasteiger partial charge on any atom is -0.320 e. The Kier molecular flexibility index (Phi) is 6.08. The number of nitrogens with one attached hydrogen (secondary N) is 1. The van der Waals surface area contributed by atoms with E-state index in [1.807, 2.05) is 18.4 Å². The Labute approximate surface area is 114 Å². The zero-order chi connectivity index (χ0) is 12.6. The molecule has 4 heteroatoms. The van der Waals surface area contributed by atoms with Gasteiger partial charge in [0.15, 0.2) is 0 Å². The van der Waals surface area contributed by atoms with Gasteiger partial charge in [-0.05, 0) is 32.9 Å². The van der Waals surface area contributed by atoms with E-state index in [-0.39, 0.29) is 0 Å². The fourth-order valence-electron chi connectivity index (χ4n) is 2.65. The van der Waals surface area contributed by atoms with Crippen LogP contribution in [-0.4, -0.2) is 23.8 Å². The highest BCUT2D eigenvalue weighted by molar-refractivity contribution is 7.11. The first-order valence-corrected chi connectivity index (χ1v) is 8.18. The van der Waals surface area contributed by atoms with Crippen molar-refractivity contribution in [3.05, 3.63) is 10.0 Å². The quantitative estimate of drug-likeness (QED) is 0.830. The van der Waals surface area contributed by atoms with Crippen molar-refractivity contribution in [2.24, 2.45) is 0 Å². The topological polar surface area (TPSA) is 37.8 Å². The van der Waals surface area contributed by atoms with Crippen LogP contribution in [0, 0.1) is 0 Å². The molecule has 1 aromatic heterocycles. The smallest absolute Gasteiger partial charge is 0.120 e. The minimum absolute atomic E-state index is 0.695. The lowest BCUT2D eigenvalue weighted by atomic mass is 9.92. The number of hydrogen-bond donors (Lipinski definition) is 1. The van der Waals surface area contributed by atoms with Gasteiger partial charge >= 0.3 is 0 Å². The number of aryl methyl sites for hydroxylation is 1. The average molecular weight is 267 g/mol. The molecule has 0 bridgehead atoms. The van der Waals surface area contributed by atoms with Crippen LogP contribution in [-0.2, 0) is 6.42 Å². The summed E-state index contributed by atoms with van der Waals surface area (Å²) in [6, 6.07) is 0. The number of aromatic nitrogens is 2. The van der Waals surface area contributed by atoms with Gasteiger partial charge in [-0.2, -0.15) is 0 Å². The summed E-state index contributed by atoms with van der Waals surface area (Å²) in [5.41, 5.74) is 0. The number of hydrogen-bond acceptors (Lipinski definition) is 4. The molecule has 0 unspecified atom stereocenters. The van der Waals surface area contributed by atoms with Crippen LogP contribution in [0.25, 0.3) is 0 Å². The molecule has 1 N–H and O–H groups in total. The van der Waals surface area contributed by atoms with Gasteiger partial charge in [0.25, 0.3) is 0 Å². The minimum atomic E-state index is 0.695. The molecule has 18 heavy (non-hydrogen) atoms. The van der Waals surface area contributed by atoms with Crippen LogP contribution in [0.5, 0.6) is 0 Å². The Morgan fingerprint density at radius 1 is 1.11 bits per heavy atom. The van der Waals surface area contributed by atoms with E-state index in [4.69, 9.17) is 0 Å². The first kappa shape index (κ1) is 13.9. The molecule has 0 atom stereocenters. The second-order valence-electron chi connectivity index (χ2n) is 5.28. The van der Waals surface area contributed by atoms with E-state index in [2.05, 4.69) is 15.5 Å². The monoisotopic (exact) mass is 267 g/mol. The third-order valence-electron chi connectivity index (χ3n) is 3.75. The van der Waals surface area contributed by atoms with Crippen LogP contribution >= 0.6 is 11.3 Å². The molecule has 1 aliphatic rings. The Morgan fingerprint density at radius 2 is 1.83 bits per heavy atom. The van der Waals surface area contributed by atoms with E-state index < -0.39 is 0 Å². The first-order chi connectivity index (χ1) is 8.90. The normalized spacial score (nSPS) is 18.5. The molecule has 0 aromatic carbocycles. The molecule has 0 radical (unpaired) electrons. The molecule has 1 aliphatic carbocycles. The second-order valence-corrected chi connectivity index (χ2v) is 6.38. The zero-order valence-electron chi connectivity index (χ0n) is 11.5. The summed E-state index contributed by atoms with van der Waals surface area (Å²) in [6.45, 7) is 1.07. The molecule has 2 rings (SSSR count). The highest BCUT2D eigenvalue weighted by atomic mass is 32.1. The number of nitrogens with zero attached hydrogens (tertiary/aromatic N) is 2. The van der Waals surface area contributed by atoms with E-state index >= 15 is 0 Å². The maximum absolute atomic E-state index is 4.44. The molecule has 0 spiro atoms. The molecule has 1 fully saturated rings. The van der Waals surface area contributed by atoms with Gasteiger partial charge < -0.3 is 5.32 Å². The van der Waals surface area contributed by atoms with E-state index in [9.17, 15) is 0 Å². The Hall–Kier alpha value is -0.480. The highest BCUT2D eigenvalue weighted by Gasteiger charge is 2.17. The zero-order valence-corrected chi connectivity index (χ0v) is 12.3. The van der Waals surface area contributed by atoms with Crippen molar-refractivity contribution in [1.82, 2.24) is 15.5 Å². The summed E-state index contributed by atoms with van der Waals surface area (Å²) < 4.78 is 0. The maximum atomic E-state index is 4.44.